The van der Waals surface area contributed by atoms with E-state index in [2.05, 4.69) is 0 Å². The van der Waals surface area contributed by atoms with Crippen molar-refractivity contribution in [2.75, 3.05) is 18.1 Å². The molecule has 0 aliphatic carbocycles. The van der Waals surface area contributed by atoms with Crippen LogP contribution >= 0.6 is 11.8 Å². The van der Waals surface area contributed by atoms with E-state index in [1.165, 1.54) is 0 Å². The Morgan fingerprint density at radius 1 is 1.53 bits per heavy atom. The van der Waals surface area contributed by atoms with Gasteiger partial charge in [0.1, 0.15) is 0 Å². The molecular formula is C11H17NO2S. The molecule has 3 nitrogen and oxygen atoms in total. The van der Waals surface area contributed by atoms with Crippen molar-refractivity contribution in [1.29, 1.82) is 0 Å². The van der Waals surface area contributed by atoms with Crippen LogP contribution in [0.25, 0.3) is 0 Å². The molecule has 4 heteroatoms. The molecule has 1 rings (SSSR count). The summed E-state index contributed by atoms with van der Waals surface area (Å²) in [6.45, 7) is 2.99. The lowest BCUT2D eigenvalue weighted by atomic mass is 10.2. The van der Waals surface area contributed by atoms with Gasteiger partial charge < -0.3 is 9.67 Å². The zero-order chi connectivity index (χ0) is 11.1. The maximum atomic E-state index is 11.3. The number of nitrogens with zero attached hydrogens (tertiary/aromatic N) is 1. The van der Waals surface area contributed by atoms with E-state index < -0.39 is 0 Å². The molecule has 0 saturated carbocycles. The average Bonchev–Trinajstić information content (AvgIpc) is 2.26. The minimum atomic E-state index is 0.0494. The molecule has 0 saturated heterocycles. The maximum Gasteiger partial charge on any atom is 0.250 e. The van der Waals surface area contributed by atoms with Crippen molar-refractivity contribution >= 4 is 11.8 Å². The normalized spacial score (nSPS) is 12.7. The highest BCUT2D eigenvalue weighted by molar-refractivity contribution is 7.99. The van der Waals surface area contributed by atoms with Crippen LogP contribution in [0.3, 0.4) is 0 Å². The third-order valence-electron chi connectivity index (χ3n) is 2.09. The van der Waals surface area contributed by atoms with Gasteiger partial charge in [-0.2, -0.15) is 11.8 Å². The lowest BCUT2D eigenvalue weighted by Crippen LogP contribution is -2.19. The van der Waals surface area contributed by atoms with Crippen LogP contribution < -0.4 is 5.56 Å². The molecule has 1 heterocycles. The average molecular weight is 227 g/mol. The Balaban J connectivity index is 2.26. The van der Waals surface area contributed by atoms with Gasteiger partial charge in [0.15, 0.2) is 0 Å². The van der Waals surface area contributed by atoms with E-state index in [1.807, 2.05) is 13.0 Å². The van der Waals surface area contributed by atoms with Crippen molar-refractivity contribution in [2.24, 2.45) is 5.92 Å². The number of aliphatic hydroxyl groups is 1. The number of thioether (sulfide) groups is 1. The van der Waals surface area contributed by atoms with Gasteiger partial charge in [0.2, 0.25) is 0 Å². The fourth-order valence-corrected chi connectivity index (χ4v) is 2.15. The van der Waals surface area contributed by atoms with Crippen LogP contribution in [0.5, 0.6) is 0 Å². The van der Waals surface area contributed by atoms with Crippen molar-refractivity contribution in [3.05, 3.63) is 34.7 Å². The summed E-state index contributed by atoms with van der Waals surface area (Å²) in [7, 11) is 0. The van der Waals surface area contributed by atoms with Gasteiger partial charge in [0.25, 0.3) is 5.56 Å². The van der Waals surface area contributed by atoms with Crippen LogP contribution in [-0.4, -0.2) is 27.8 Å². The highest BCUT2D eigenvalue weighted by Gasteiger charge is 2.00. The van der Waals surface area contributed by atoms with E-state index in [4.69, 9.17) is 5.11 Å². The summed E-state index contributed by atoms with van der Waals surface area (Å²) in [6, 6.07) is 5.18. The molecule has 0 bridgehead atoms. The van der Waals surface area contributed by atoms with Crippen LogP contribution in [0.2, 0.25) is 0 Å². The lowest BCUT2D eigenvalue weighted by molar-refractivity contribution is 0.250. The summed E-state index contributed by atoms with van der Waals surface area (Å²) in [4.78, 5) is 11.3. The van der Waals surface area contributed by atoms with Crippen molar-refractivity contribution in [3.8, 4) is 0 Å². The third-order valence-corrected chi connectivity index (χ3v) is 3.37. The molecule has 1 aromatic heterocycles. The molecule has 1 atom stereocenters. The van der Waals surface area contributed by atoms with E-state index in [0.29, 0.717) is 5.92 Å². The predicted molar refractivity (Wildman–Crippen MR) is 64.3 cm³/mol. The first-order valence-electron chi connectivity index (χ1n) is 5.08. The highest BCUT2D eigenvalue weighted by atomic mass is 32.2. The molecule has 1 unspecified atom stereocenters. The number of aliphatic hydroxyl groups excluding tert-OH is 1. The number of rotatable bonds is 6. The number of aromatic nitrogens is 1. The van der Waals surface area contributed by atoms with E-state index in [1.54, 1.807) is 34.7 Å². The van der Waals surface area contributed by atoms with Crippen LogP contribution in [0, 0.1) is 5.92 Å². The van der Waals surface area contributed by atoms with Crippen molar-refractivity contribution < 1.29 is 5.11 Å². The van der Waals surface area contributed by atoms with Gasteiger partial charge in [-0.3, -0.25) is 4.79 Å². The summed E-state index contributed by atoms with van der Waals surface area (Å²) in [5.41, 5.74) is 0.0494. The van der Waals surface area contributed by atoms with Crippen LogP contribution in [0.1, 0.15) is 6.92 Å². The summed E-state index contributed by atoms with van der Waals surface area (Å²) in [5, 5.41) is 8.83. The second kappa shape index (κ2) is 6.69. The molecule has 1 aromatic rings. The Bertz CT molecular complexity index is 337. The van der Waals surface area contributed by atoms with Gasteiger partial charge in [0.05, 0.1) is 0 Å². The molecule has 0 amide bonds. The Hall–Kier alpha value is -0.740. The van der Waals surface area contributed by atoms with Crippen LogP contribution in [0.15, 0.2) is 29.2 Å². The van der Waals surface area contributed by atoms with Gasteiger partial charge in [0, 0.05) is 31.2 Å². The second-order valence-electron chi connectivity index (χ2n) is 3.59. The van der Waals surface area contributed by atoms with Crippen molar-refractivity contribution in [1.82, 2.24) is 4.57 Å². The zero-order valence-electron chi connectivity index (χ0n) is 8.93. The Kier molecular flexibility index (Phi) is 5.50. The largest absolute Gasteiger partial charge is 0.396 e. The lowest BCUT2D eigenvalue weighted by Gasteiger charge is -2.08. The zero-order valence-corrected chi connectivity index (χ0v) is 9.74. The van der Waals surface area contributed by atoms with Gasteiger partial charge in [-0.15, -0.1) is 0 Å². The van der Waals surface area contributed by atoms with Gasteiger partial charge >= 0.3 is 0 Å². The Morgan fingerprint density at radius 3 is 3.00 bits per heavy atom. The minimum absolute atomic E-state index is 0.0494. The first kappa shape index (κ1) is 12.3. The highest BCUT2D eigenvalue weighted by Crippen LogP contribution is 2.07. The monoisotopic (exact) mass is 227 g/mol. The third kappa shape index (κ3) is 4.53. The molecule has 84 valence electrons. The number of aryl methyl sites for hydroxylation is 1. The first-order valence-corrected chi connectivity index (χ1v) is 6.23. The SMILES string of the molecule is CC(CO)CSCCn1ccccc1=O. The standard InChI is InChI=1S/C11H17NO2S/c1-10(8-13)9-15-7-6-12-5-3-2-4-11(12)14/h2-5,10,13H,6-9H2,1H3. The predicted octanol–water partition coefficient (Wildman–Crippen LogP) is 1.21. The second-order valence-corrected chi connectivity index (χ2v) is 4.74. The number of hydrogen-bond donors (Lipinski definition) is 1. The van der Waals surface area contributed by atoms with Crippen LogP contribution in [0.4, 0.5) is 0 Å². The summed E-state index contributed by atoms with van der Waals surface area (Å²) in [6.07, 6.45) is 1.80. The van der Waals surface area contributed by atoms with Gasteiger partial charge in [-0.05, 0) is 17.7 Å². The van der Waals surface area contributed by atoms with Crippen LogP contribution in [-0.2, 0) is 6.54 Å². The number of pyridine rings is 1. The number of hydrogen-bond acceptors (Lipinski definition) is 3. The van der Waals surface area contributed by atoms with Gasteiger partial charge in [-0.25, -0.2) is 0 Å². The van der Waals surface area contributed by atoms with Gasteiger partial charge in [-0.1, -0.05) is 13.0 Å². The molecule has 1 N–H and O–H groups in total. The first-order chi connectivity index (χ1) is 7.24. The van der Waals surface area contributed by atoms with Crippen molar-refractivity contribution in [3.63, 3.8) is 0 Å². The summed E-state index contributed by atoms with van der Waals surface area (Å²) in [5.74, 6) is 2.19. The molecule has 15 heavy (non-hydrogen) atoms. The van der Waals surface area contributed by atoms with Crippen molar-refractivity contribution in [2.45, 2.75) is 13.5 Å². The topological polar surface area (TPSA) is 42.2 Å². The molecule has 0 radical (unpaired) electrons. The molecule has 0 aromatic carbocycles. The fraction of sp³-hybridized carbons (Fsp3) is 0.545. The summed E-state index contributed by atoms with van der Waals surface area (Å²) < 4.78 is 1.70. The van der Waals surface area contributed by atoms with E-state index in [9.17, 15) is 4.79 Å². The molecule has 0 fully saturated rings. The summed E-state index contributed by atoms with van der Waals surface area (Å²) >= 11 is 1.77. The maximum absolute atomic E-state index is 11.3. The van der Waals surface area contributed by atoms with E-state index >= 15 is 0 Å². The van der Waals surface area contributed by atoms with E-state index in [0.717, 1.165) is 18.1 Å². The fourth-order valence-electron chi connectivity index (χ4n) is 1.15. The smallest absolute Gasteiger partial charge is 0.250 e. The quantitative estimate of drug-likeness (QED) is 0.743. The Labute approximate surface area is 94.1 Å². The molecular weight excluding hydrogens is 210 g/mol. The molecule has 0 aliphatic rings. The Morgan fingerprint density at radius 2 is 2.33 bits per heavy atom. The minimum Gasteiger partial charge on any atom is -0.396 e. The molecule has 0 spiro atoms. The molecule has 0 aliphatic heterocycles. The van der Waals surface area contributed by atoms with E-state index in [-0.39, 0.29) is 12.2 Å².